The van der Waals surface area contributed by atoms with Gasteiger partial charge in [0.05, 0.1) is 28.8 Å². The van der Waals surface area contributed by atoms with Gasteiger partial charge in [-0.3, -0.25) is 18.7 Å². The molecule has 12 heteroatoms. The van der Waals surface area contributed by atoms with Crippen LogP contribution >= 0.6 is 0 Å². The number of amides is 1. The van der Waals surface area contributed by atoms with Crippen molar-refractivity contribution in [2.24, 2.45) is 0 Å². The summed E-state index contributed by atoms with van der Waals surface area (Å²) in [7, 11) is 1.61. The van der Waals surface area contributed by atoms with Gasteiger partial charge in [-0.25, -0.2) is 9.18 Å². The zero-order valence-corrected chi connectivity index (χ0v) is 21.0. The van der Waals surface area contributed by atoms with Crippen molar-refractivity contribution in [1.82, 2.24) is 9.13 Å². The molecule has 0 saturated carbocycles. The molecule has 3 aromatic rings. The van der Waals surface area contributed by atoms with E-state index in [0.29, 0.717) is 21.9 Å². The largest absolute Gasteiger partial charge is 0.419 e. The number of aliphatic hydroxyl groups excluding tert-OH is 1. The molecule has 1 aliphatic rings. The highest BCUT2D eigenvalue weighted by atomic mass is 19.4. The van der Waals surface area contributed by atoms with E-state index in [1.807, 2.05) is 0 Å². The van der Waals surface area contributed by atoms with Gasteiger partial charge in [0.25, 0.3) is 5.56 Å². The summed E-state index contributed by atoms with van der Waals surface area (Å²) >= 11 is 0. The van der Waals surface area contributed by atoms with E-state index in [4.69, 9.17) is 4.74 Å². The van der Waals surface area contributed by atoms with Gasteiger partial charge in [0, 0.05) is 25.5 Å². The molecule has 0 spiro atoms. The number of benzene rings is 2. The van der Waals surface area contributed by atoms with Crippen LogP contribution in [-0.4, -0.2) is 33.8 Å². The van der Waals surface area contributed by atoms with Crippen LogP contribution in [0, 0.1) is 5.82 Å². The van der Waals surface area contributed by atoms with Crippen LogP contribution < -0.4 is 16.1 Å². The minimum atomic E-state index is -5.09. The summed E-state index contributed by atoms with van der Waals surface area (Å²) in [6.07, 6.45) is -5.83. The molecule has 1 amide bonds. The van der Waals surface area contributed by atoms with Crippen LogP contribution in [0.4, 0.5) is 23.2 Å². The monoisotopic (exact) mass is 535 g/mol. The molecule has 0 bridgehead atoms. The summed E-state index contributed by atoms with van der Waals surface area (Å²) in [5, 5.41) is 10.4. The molecule has 1 atom stereocenters. The van der Waals surface area contributed by atoms with Crippen molar-refractivity contribution in [3.8, 4) is 5.69 Å². The van der Waals surface area contributed by atoms with Gasteiger partial charge in [-0.2, -0.15) is 13.2 Å². The first-order valence-electron chi connectivity index (χ1n) is 11.6. The van der Waals surface area contributed by atoms with E-state index >= 15 is 0 Å². The number of aromatic nitrogens is 2. The van der Waals surface area contributed by atoms with Crippen molar-refractivity contribution in [3.63, 3.8) is 0 Å². The van der Waals surface area contributed by atoms with Gasteiger partial charge in [-0.05, 0) is 56.2 Å². The second-order valence-corrected chi connectivity index (χ2v) is 9.40. The van der Waals surface area contributed by atoms with E-state index in [-0.39, 0.29) is 18.2 Å². The number of carbonyl (C=O) groups excluding carboxylic acids is 1. The van der Waals surface area contributed by atoms with Crippen LogP contribution in [0.2, 0.25) is 0 Å². The predicted molar refractivity (Wildman–Crippen MR) is 130 cm³/mol. The number of hydrogen-bond donors (Lipinski definition) is 1. The van der Waals surface area contributed by atoms with E-state index in [1.54, 1.807) is 40.0 Å². The molecule has 2 heterocycles. The fourth-order valence-electron chi connectivity index (χ4n) is 4.66. The highest BCUT2D eigenvalue weighted by Gasteiger charge is 2.42. The zero-order valence-electron chi connectivity index (χ0n) is 21.0. The van der Waals surface area contributed by atoms with Crippen LogP contribution in [-0.2, 0) is 27.7 Å². The van der Waals surface area contributed by atoms with Gasteiger partial charge >= 0.3 is 11.9 Å². The lowest BCUT2D eigenvalue weighted by Gasteiger charge is -2.19. The molecule has 202 valence electrons. The Labute approximate surface area is 214 Å². The Morgan fingerprint density at radius 2 is 1.79 bits per heavy atom. The number of rotatable bonds is 6. The molecule has 1 aromatic heterocycles. The number of hydrogen-bond acceptors (Lipinski definition) is 5. The zero-order chi connectivity index (χ0) is 28.2. The molecule has 0 aliphatic carbocycles. The van der Waals surface area contributed by atoms with Crippen LogP contribution in [0.25, 0.3) is 5.69 Å². The van der Waals surface area contributed by atoms with Gasteiger partial charge in [0.15, 0.2) is 6.29 Å². The third-order valence-corrected chi connectivity index (χ3v) is 6.63. The van der Waals surface area contributed by atoms with Crippen molar-refractivity contribution in [2.75, 3.05) is 18.6 Å². The van der Waals surface area contributed by atoms with Crippen molar-refractivity contribution in [3.05, 3.63) is 91.5 Å². The third-order valence-electron chi connectivity index (χ3n) is 6.63. The first kappa shape index (κ1) is 27.3. The maximum atomic E-state index is 14.2. The normalized spacial score (nSPS) is 15.6. The predicted octanol–water partition coefficient (Wildman–Crippen LogP) is 3.49. The SMILES string of the molecule is CCOC(O)c1cn(-c2ccc3c(c2)C(C)(C)C(=O)N3C)c(=O)n(Cc2cccc(F)c2C(F)(F)F)c1=O. The number of anilines is 1. The quantitative estimate of drug-likeness (QED) is 0.386. The number of aliphatic hydroxyl groups is 1. The van der Waals surface area contributed by atoms with Crippen molar-refractivity contribution in [1.29, 1.82) is 0 Å². The Bertz CT molecular complexity index is 1540. The van der Waals surface area contributed by atoms with E-state index in [2.05, 4.69) is 0 Å². The lowest BCUT2D eigenvalue weighted by molar-refractivity contribution is -0.140. The lowest BCUT2D eigenvalue weighted by Crippen LogP contribution is -2.42. The maximum Gasteiger partial charge on any atom is 0.419 e. The number of carbonyl (C=O) groups is 1. The Morgan fingerprint density at radius 1 is 1.11 bits per heavy atom. The van der Waals surface area contributed by atoms with E-state index in [9.17, 15) is 37.1 Å². The number of halogens is 4. The van der Waals surface area contributed by atoms with E-state index < -0.39 is 58.2 Å². The highest BCUT2D eigenvalue weighted by Crippen LogP contribution is 2.41. The van der Waals surface area contributed by atoms with Crippen LogP contribution in [0.5, 0.6) is 0 Å². The average molecular weight is 535 g/mol. The Balaban J connectivity index is 1.96. The Kier molecular flexibility index (Phi) is 6.83. The van der Waals surface area contributed by atoms with Crippen molar-refractivity contribution >= 4 is 11.6 Å². The number of ether oxygens (including phenoxy) is 1. The molecule has 1 N–H and O–H groups in total. The van der Waals surface area contributed by atoms with Crippen molar-refractivity contribution in [2.45, 2.75) is 45.2 Å². The summed E-state index contributed by atoms with van der Waals surface area (Å²) < 4.78 is 61.6. The second kappa shape index (κ2) is 9.52. The van der Waals surface area contributed by atoms with Crippen molar-refractivity contribution < 1.29 is 32.2 Å². The first-order valence-corrected chi connectivity index (χ1v) is 11.6. The molecule has 0 saturated heterocycles. The molecule has 0 fully saturated rings. The minimum absolute atomic E-state index is 0.0106. The van der Waals surface area contributed by atoms with Crippen LogP contribution in [0.1, 0.15) is 49.3 Å². The molecular formula is C26H25F4N3O5. The van der Waals surface area contributed by atoms with Gasteiger partial charge in [0.2, 0.25) is 5.91 Å². The Hall–Kier alpha value is -3.77. The smallest absolute Gasteiger partial charge is 0.364 e. The molecular weight excluding hydrogens is 510 g/mol. The van der Waals surface area contributed by atoms with Crippen LogP contribution in [0.15, 0.2) is 52.2 Å². The molecule has 2 aromatic carbocycles. The number of nitrogens with zero attached hydrogens (tertiary/aromatic N) is 3. The molecule has 38 heavy (non-hydrogen) atoms. The first-order chi connectivity index (χ1) is 17.7. The summed E-state index contributed by atoms with van der Waals surface area (Å²) in [6.45, 7) is 4.03. The van der Waals surface area contributed by atoms with Gasteiger partial charge in [-0.15, -0.1) is 0 Å². The maximum absolute atomic E-state index is 14.2. The van der Waals surface area contributed by atoms with Gasteiger partial charge in [-0.1, -0.05) is 12.1 Å². The second-order valence-electron chi connectivity index (χ2n) is 9.40. The van der Waals surface area contributed by atoms with E-state index in [1.165, 1.54) is 11.0 Å². The summed E-state index contributed by atoms with van der Waals surface area (Å²) in [4.78, 5) is 40.9. The number of likely N-dealkylation sites (N-methyl/N-ethyl adjacent to an activating group) is 1. The number of alkyl halides is 3. The minimum Gasteiger partial charge on any atom is -0.364 e. The topological polar surface area (TPSA) is 93.8 Å². The Morgan fingerprint density at radius 3 is 2.42 bits per heavy atom. The molecule has 1 aliphatic heterocycles. The van der Waals surface area contributed by atoms with Gasteiger partial charge < -0.3 is 14.7 Å². The van der Waals surface area contributed by atoms with E-state index in [0.717, 1.165) is 22.9 Å². The highest BCUT2D eigenvalue weighted by molar-refractivity contribution is 6.07. The molecule has 0 radical (unpaired) electrons. The third kappa shape index (κ3) is 4.43. The van der Waals surface area contributed by atoms with Crippen LogP contribution in [0.3, 0.4) is 0 Å². The number of fused-ring (bicyclic) bond motifs is 1. The fourth-order valence-corrected chi connectivity index (χ4v) is 4.66. The summed E-state index contributed by atoms with van der Waals surface area (Å²) in [6, 6.07) is 7.30. The molecule has 1 unspecified atom stereocenters. The van der Waals surface area contributed by atoms with Gasteiger partial charge in [0.1, 0.15) is 5.82 Å². The summed E-state index contributed by atoms with van der Waals surface area (Å²) in [5.74, 6) is -1.73. The lowest BCUT2D eigenvalue weighted by atomic mass is 9.86. The standard InChI is InChI=1S/C26H25F4N3O5/c1-5-38-22(35)16-13-32(15-9-10-19-17(11-15)25(2,3)23(36)31(19)4)24(37)33(21(16)34)12-14-7-6-8-18(27)20(14)26(28,29)30/h6-11,13,22,35H,5,12H2,1-4H3. The molecule has 4 rings (SSSR count). The molecule has 8 nitrogen and oxygen atoms in total. The average Bonchev–Trinajstić information content (AvgIpc) is 3.00. The fraction of sp³-hybridized carbons (Fsp3) is 0.346. The summed E-state index contributed by atoms with van der Waals surface area (Å²) in [5.41, 5.74) is -4.34.